The van der Waals surface area contributed by atoms with Crippen LogP contribution in [-0.2, 0) is 23.7 Å². The molecule has 16 heteroatoms. The Bertz CT molecular complexity index is 789. The first-order valence-corrected chi connectivity index (χ1v) is 17.0. The van der Waals surface area contributed by atoms with Crippen LogP contribution in [0, 0.1) is 0 Å². The molecular formula is C18H22Br3Cl7O5Si. The highest BCUT2D eigenvalue weighted by Gasteiger charge is 2.51. The van der Waals surface area contributed by atoms with E-state index in [1.165, 1.54) is 0 Å². The van der Waals surface area contributed by atoms with Gasteiger partial charge in [-0.1, -0.05) is 49.5 Å². The maximum absolute atomic E-state index is 9.19. The molecule has 0 bridgehead atoms. The molecule has 4 unspecified atom stereocenters. The molecule has 5 nitrogen and oxygen atoms in total. The Morgan fingerprint density at radius 2 is 1.29 bits per heavy atom. The molecule has 198 valence electrons. The normalized spacial score (nSPS) is 17.2. The molecule has 1 aromatic carbocycles. The standard InChI is InChI=1S/C18H22Br3Cl7O5Si/c19-17(20,9-32-34(29,30)31)18(21,28)33-16-2-1-10(3-11(25)6-22)14(4-12(26)7-23)15(16)5-13(27)8-24/h1-2,11-13,29-31H,3-9H2. The molecule has 1 rings (SSSR count). The van der Waals surface area contributed by atoms with Gasteiger partial charge in [0.25, 0.3) is 3.97 Å². The first-order valence-electron chi connectivity index (χ1n) is 9.56. The second-order valence-corrected chi connectivity index (χ2v) is 17.3. The van der Waals surface area contributed by atoms with E-state index < -0.39 is 28.2 Å². The highest BCUT2D eigenvalue weighted by molar-refractivity contribution is 9.26. The summed E-state index contributed by atoms with van der Waals surface area (Å²) in [7, 11) is -4.81. The number of hydrogen-bond acceptors (Lipinski definition) is 5. The molecule has 0 spiro atoms. The van der Waals surface area contributed by atoms with E-state index in [1.54, 1.807) is 6.07 Å². The lowest BCUT2D eigenvalue weighted by Gasteiger charge is -2.35. The van der Waals surface area contributed by atoms with Crippen LogP contribution in [0.3, 0.4) is 0 Å². The van der Waals surface area contributed by atoms with Gasteiger partial charge in [-0.2, -0.15) is 0 Å². The van der Waals surface area contributed by atoms with Crippen molar-refractivity contribution in [3.63, 3.8) is 0 Å². The monoisotopic (exact) mass is 828 g/mol. The van der Waals surface area contributed by atoms with E-state index in [2.05, 4.69) is 47.8 Å². The predicted molar refractivity (Wildman–Crippen MR) is 156 cm³/mol. The van der Waals surface area contributed by atoms with Gasteiger partial charge in [0.1, 0.15) is 5.75 Å². The van der Waals surface area contributed by atoms with Crippen LogP contribution in [0.5, 0.6) is 5.75 Å². The van der Waals surface area contributed by atoms with Crippen LogP contribution >= 0.6 is 129 Å². The lowest BCUT2D eigenvalue weighted by atomic mass is 9.91. The Kier molecular flexibility index (Phi) is 15.6. The Labute approximate surface area is 260 Å². The maximum Gasteiger partial charge on any atom is 0.671 e. The zero-order valence-electron chi connectivity index (χ0n) is 17.3. The molecule has 0 aliphatic carbocycles. The first-order chi connectivity index (χ1) is 15.6. The van der Waals surface area contributed by atoms with Gasteiger partial charge >= 0.3 is 9.05 Å². The highest BCUT2D eigenvalue weighted by atomic mass is 79.9. The average Bonchev–Trinajstić information content (AvgIpc) is 2.74. The number of alkyl halides is 10. The topological polar surface area (TPSA) is 79.2 Å². The second kappa shape index (κ2) is 15.4. The van der Waals surface area contributed by atoms with Crippen molar-refractivity contribution in [2.75, 3.05) is 24.2 Å². The quantitative estimate of drug-likeness (QED) is 0.140. The van der Waals surface area contributed by atoms with E-state index in [4.69, 9.17) is 90.4 Å². The lowest BCUT2D eigenvalue weighted by Crippen LogP contribution is -2.49. The number of halogens is 10. The van der Waals surface area contributed by atoms with E-state index in [9.17, 15) is 14.4 Å². The molecule has 34 heavy (non-hydrogen) atoms. The van der Waals surface area contributed by atoms with Crippen LogP contribution in [0.25, 0.3) is 0 Å². The second-order valence-electron chi connectivity index (χ2n) is 7.23. The van der Waals surface area contributed by atoms with Gasteiger partial charge in [0, 0.05) is 17.6 Å². The van der Waals surface area contributed by atoms with Crippen LogP contribution in [0.2, 0.25) is 0 Å². The Morgan fingerprint density at radius 1 is 0.824 bits per heavy atom. The Hall–Kier alpha value is 2.55. The summed E-state index contributed by atoms with van der Waals surface area (Å²) in [4.78, 5) is 27.6. The maximum atomic E-state index is 9.19. The largest absolute Gasteiger partial charge is 0.671 e. The van der Waals surface area contributed by atoms with Crippen molar-refractivity contribution in [3.8, 4) is 5.75 Å². The summed E-state index contributed by atoms with van der Waals surface area (Å²) < 4.78 is 7.64. The van der Waals surface area contributed by atoms with E-state index >= 15 is 0 Å². The minimum absolute atomic E-state index is 0.176. The summed E-state index contributed by atoms with van der Waals surface area (Å²) in [6.07, 6.45) is 1.18. The van der Waals surface area contributed by atoms with Crippen LogP contribution in [0.15, 0.2) is 12.1 Å². The molecule has 1 aromatic rings. The molecule has 0 aliphatic heterocycles. The van der Waals surface area contributed by atoms with Gasteiger partial charge < -0.3 is 23.5 Å². The summed E-state index contributed by atoms with van der Waals surface area (Å²) in [5.74, 6) is 0.985. The zero-order chi connectivity index (χ0) is 26.3. The average molecular weight is 834 g/mol. The third-order valence-corrected chi connectivity index (χ3v) is 11.8. The zero-order valence-corrected chi connectivity index (χ0v) is 28.3. The van der Waals surface area contributed by atoms with Gasteiger partial charge in [-0.05, 0) is 57.9 Å². The van der Waals surface area contributed by atoms with Gasteiger partial charge in [0.2, 0.25) is 0 Å². The van der Waals surface area contributed by atoms with Crippen LogP contribution < -0.4 is 4.74 Å². The first kappa shape index (κ1) is 34.6. The van der Waals surface area contributed by atoms with Crippen LogP contribution in [0.1, 0.15) is 16.7 Å². The van der Waals surface area contributed by atoms with E-state index in [0.29, 0.717) is 30.6 Å². The molecule has 0 fully saturated rings. The summed E-state index contributed by atoms with van der Waals surface area (Å²) in [6, 6.07) is 3.53. The SMILES string of the molecule is O[Si](O)(O)OCC(Br)(Br)C(Cl)(Br)Oc1ccc(CC(Cl)CCl)c(CC(Cl)CCl)c1CC(Cl)CCl. The van der Waals surface area contributed by atoms with Gasteiger partial charge in [0.05, 0.1) is 22.7 Å². The molecule has 0 saturated heterocycles. The van der Waals surface area contributed by atoms with Gasteiger partial charge in [-0.15, -0.1) is 69.6 Å². The summed E-state index contributed by atoms with van der Waals surface area (Å²) in [5, 5.41) is -1.14. The Morgan fingerprint density at radius 3 is 1.76 bits per heavy atom. The fourth-order valence-corrected chi connectivity index (χ4v) is 5.27. The summed E-state index contributed by atoms with van der Waals surface area (Å²) in [5.41, 5.74) is 2.43. The van der Waals surface area contributed by atoms with Crippen molar-refractivity contribution in [3.05, 3.63) is 28.8 Å². The van der Waals surface area contributed by atoms with E-state index in [-0.39, 0.29) is 28.4 Å². The number of ether oxygens (including phenoxy) is 1. The predicted octanol–water partition coefficient (Wildman–Crippen LogP) is 6.43. The Balaban J connectivity index is 3.52. The van der Waals surface area contributed by atoms with Crippen molar-refractivity contribution in [2.24, 2.45) is 0 Å². The molecule has 0 aliphatic rings. The van der Waals surface area contributed by atoms with Crippen molar-refractivity contribution >= 4 is 138 Å². The summed E-state index contributed by atoms with van der Waals surface area (Å²) >= 11 is 53.5. The molecule has 0 saturated carbocycles. The molecule has 0 amide bonds. The minimum atomic E-state index is -4.81. The molecular weight excluding hydrogens is 812 g/mol. The molecule has 0 radical (unpaired) electrons. The van der Waals surface area contributed by atoms with E-state index in [1.807, 2.05) is 6.07 Å². The third kappa shape index (κ3) is 11.3. The van der Waals surface area contributed by atoms with Crippen molar-refractivity contribution in [1.29, 1.82) is 0 Å². The number of hydrogen-bond donors (Lipinski definition) is 3. The fraction of sp³-hybridized carbons (Fsp3) is 0.667. The van der Waals surface area contributed by atoms with Gasteiger partial charge in [0.15, 0.2) is 3.23 Å². The van der Waals surface area contributed by atoms with Crippen LogP contribution in [-0.4, -0.2) is 71.0 Å². The summed E-state index contributed by atoms with van der Waals surface area (Å²) in [6.45, 7) is -0.489. The van der Waals surface area contributed by atoms with Gasteiger partial charge in [-0.25, -0.2) is 0 Å². The third-order valence-electron chi connectivity index (χ3n) is 4.39. The molecule has 0 aromatic heterocycles. The fourth-order valence-electron chi connectivity index (χ4n) is 2.81. The van der Waals surface area contributed by atoms with Crippen molar-refractivity contribution in [1.82, 2.24) is 0 Å². The van der Waals surface area contributed by atoms with Crippen molar-refractivity contribution < 1.29 is 23.5 Å². The lowest BCUT2D eigenvalue weighted by molar-refractivity contribution is 0.0547. The minimum Gasteiger partial charge on any atom is -0.459 e. The van der Waals surface area contributed by atoms with Gasteiger partial charge in [-0.3, -0.25) is 0 Å². The highest BCUT2D eigenvalue weighted by Crippen LogP contribution is 2.49. The van der Waals surface area contributed by atoms with E-state index in [0.717, 1.165) is 11.1 Å². The molecule has 3 N–H and O–H groups in total. The molecule has 4 atom stereocenters. The smallest absolute Gasteiger partial charge is 0.459 e. The van der Waals surface area contributed by atoms with Crippen molar-refractivity contribution in [2.45, 2.75) is 42.6 Å². The molecule has 0 heterocycles. The van der Waals surface area contributed by atoms with Crippen LogP contribution in [0.4, 0.5) is 0 Å². The number of benzene rings is 1. The number of rotatable bonds is 15.